The lowest BCUT2D eigenvalue weighted by Gasteiger charge is -2.12. The van der Waals surface area contributed by atoms with Crippen LogP contribution in [0.15, 0.2) is 29.2 Å². The molecule has 0 unspecified atom stereocenters. The highest BCUT2D eigenvalue weighted by Crippen LogP contribution is 2.37. The van der Waals surface area contributed by atoms with E-state index in [1.54, 1.807) is 18.2 Å². The van der Waals surface area contributed by atoms with Gasteiger partial charge < -0.3 is 5.32 Å². The molecule has 2 atom stereocenters. The highest BCUT2D eigenvalue weighted by Gasteiger charge is 2.39. The highest BCUT2D eigenvalue weighted by molar-refractivity contribution is 8.18. The van der Waals surface area contributed by atoms with Crippen molar-refractivity contribution in [2.24, 2.45) is 11.8 Å². The SMILES string of the molecule is C[C@H]1C[C@@H]1C(=O)NCCN1C(=O)S/C(=C\c2ccc(F)cc2)C1=O. The summed E-state index contributed by atoms with van der Waals surface area (Å²) >= 11 is 0.851. The van der Waals surface area contributed by atoms with Crippen LogP contribution in [0.1, 0.15) is 18.9 Å². The molecule has 1 aromatic rings. The Morgan fingerprint density at radius 2 is 2.04 bits per heavy atom. The molecule has 24 heavy (non-hydrogen) atoms. The Hall–Kier alpha value is -2.15. The summed E-state index contributed by atoms with van der Waals surface area (Å²) in [6.07, 6.45) is 2.46. The van der Waals surface area contributed by atoms with Crippen LogP contribution in [0.5, 0.6) is 0 Å². The predicted molar refractivity (Wildman–Crippen MR) is 89.4 cm³/mol. The minimum atomic E-state index is -0.386. The third-order valence-electron chi connectivity index (χ3n) is 4.12. The number of rotatable bonds is 5. The van der Waals surface area contributed by atoms with Crippen molar-refractivity contribution in [3.8, 4) is 0 Å². The molecular formula is C17H17FN2O3S. The van der Waals surface area contributed by atoms with E-state index in [2.05, 4.69) is 5.32 Å². The van der Waals surface area contributed by atoms with Crippen LogP contribution in [0.3, 0.4) is 0 Å². The van der Waals surface area contributed by atoms with E-state index in [-0.39, 0.29) is 41.9 Å². The van der Waals surface area contributed by atoms with Crippen molar-refractivity contribution in [3.05, 3.63) is 40.6 Å². The first-order valence-electron chi connectivity index (χ1n) is 7.74. The molecule has 2 aliphatic rings. The normalized spacial score (nSPS) is 24.6. The Bertz CT molecular complexity index is 717. The number of carbonyl (C=O) groups excluding carboxylic acids is 3. The van der Waals surface area contributed by atoms with Gasteiger partial charge in [-0.3, -0.25) is 19.3 Å². The Balaban J connectivity index is 1.57. The van der Waals surface area contributed by atoms with Gasteiger partial charge in [-0.1, -0.05) is 19.1 Å². The number of carbonyl (C=O) groups is 3. The van der Waals surface area contributed by atoms with Crippen LogP contribution in [0.4, 0.5) is 9.18 Å². The zero-order valence-corrected chi connectivity index (χ0v) is 13.9. The Morgan fingerprint density at radius 1 is 1.38 bits per heavy atom. The van der Waals surface area contributed by atoms with E-state index in [9.17, 15) is 18.8 Å². The van der Waals surface area contributed by atoms with E-state index in [4.69, 9.17) is 0 Å². The molecule has 1 aliphatic heterocycles. The fraction of sp³-hybridized carbons (Fsp3) is 0.353. The highest BCUT2D eigenvalue weighted by atomic mass is 32.2. The first kappa shape index (κ1) is 16.7. The maximum absolute atomic E-state index is 12.9. The molecule has 1 heterocycles. The van der Waals surface area contributed by atoms with E-state index in [0.29, 0.717) is 16.4 Å². The second-order valence-electron chi connectivity index (χ2n) is 6.00. The molecule has 1 N–H and O–H groups in total. The van der Waals surface area contributed by atoms with Gasteiger partial charge in [0.1, 0.15) is 5.82 Å². The molecule has 126 valence electrons. The van der Waals surface area contributed by atoms with Gasteiger partial charge in [-0.25, -0.2) is 4.39 Å². The molecule has 0 bridgehead atoms. The van der Waals surface area contributed by atoms with E-state index < -0.39 is 0 Å². The van der Waals surface area contributed by atoms with Gasteiger partial charge in [0.25, 0.3) is 11.1 Å². The molecule has 3 amide bonds. The lowest BCUT2D eigenvalue weighted by molar-refractivity contribution is -0.125. The summed E-state index contributed by atoms with van der Waals surface area (Å²) in [4.78, 5) is 37.4. The summed E-state index contributed by atoms with van der Waals surface area (Å²) in [6.45, 7) is 2.42. The first-order chi connectivity index (χ1) is 11.5. The molecule has 7 heteroatoms. The van der Waals surface area contributed by atoms with Crippen LogP contribution in [0.25, 0.3) is 6.08 Å². The average molecular weight is 348 g/mol. The van der Waals surface area contributed by atoms with Crippen LogP contribution < -0.4 is 5.32 Å². The van der Waals surface area contributed by atoms with Crippen molar-refractivity contribution in [2.45, 2.75) is 13.3 Å². The smallest absolute Gasteiger partial charge is 0.293 e. The van der Waals surface area contributed by atoms with Crippen LogP contribution >= 0.6 is 11.8 Å². The van der Waals surface area contributed by atoms with Gasteiger partial charge in [0.15, 0.2) is 0 Å². The van der Waals surface area contributed by atoms with Crippen molar-refractivity contribution in [3.63, 3.8) is 0 Å². The van der Waals surface area contributed by atoms with Crippen molar-refractivity contribution >= 4 is 34.9 Å². The molecule has 1 aromatic carbocycles. The summed E-state index contributed by atoms with van der Waals surface area (Å²) in [5.74, 6) is -0.278. The van der Waals surface area contributed by atoms with Crippen LogP contribution in [0.2, 0.25) is 0 Å². The van der Waals surface area contributed by atoms with Gasteiger partial charge >= 0.3 is 0 Å². The zero-order chi connectivity index (χ0) is 17.3. The van der Waals surface area contributed by atoms with Crippen molar-refractivity contribution in [1.29, 1.82) is 0 Å². The van der Waals surface area contributed by atoms with Gasteiger partial charge in [0, 0.05) is 19.0 Å². The van der Waals surface area contributed by atoms with Gasteiger partial charge in [-0.2, -0.15) is 0 Å². The van der Waals surface area contributed by atoms with Crippen LogP contribution in [-0.4, -0.2) is 35.0 Å². The Kier molecular flexibility index (Phi) is 4.71. The molecule has 5 nitrogen and oxygen atoms in total. The fourth-order valence-electron chi connectivity index (χ4n) is 2.51. The number of nitrogens with one attached hydrogen (secondary N) is 1. The number of thioether (sulfide) groups is 1. The third kappa shape index (κ3) is 3.67. The molecule has 0 spiro atoms. The summed E-state index contributed by atoms with van der Waals surface area (Å²) in [5.41, 5.74) is 0.651. The Labute approximate surface area is 143 Å². The number of halogens is 1. The minimum Gasteiger partial charge on any atom is -0.354 e. The molecule has 1 aliphatic carbocycles. The van der Waals surface area contributed by atoms with Gasteiger partial charge in [0.2, 0.25) is 5.91 Å². The summed E-state index contributed by atoms with van der Waals surface area (Å²) in [7, 11) is 0. The van der Waals surface area contributed by atoms with Crippen molar-refractivity contribution in [2.75, 3.05) is 13.1 Å². The molecule has 1 saturated carbocycles. The molecule has 0 radical (unpaired) electrons. The lowest BCUT2D eigenvalue weighted by Crippen LogP contribution is -2.37. The number of hydrogen-bond acceptors (Lipinski definition) is 4. The quantitative estimate of drug-likeness (QED) is 0.831. The first-order valence-corrected chi connectivity index (χ1v) is 8.56. The second kappa shape index (κ2) is 6.76. The number of nitrogens with zero attached hydrogens (tertiary/aromatic N) is 1. The second-order valence-corrected chi connectivity index (χ2v) is 6.99. The number of amides is 3. The average Bonchev–Trinajstić information content (AvgIpc) is 3.22. The van der Waals surface area contributed by atoms with Gasteiger partial charge in [0.05, 0.1) is 4.91 Å². The van der Waals surface area contributed by atoms with Crippen LogP contribution in [-0.2, 0) is 9.59 Å². The minimum absolute atomic E-state index is 0.0173. The molecule has 3 rings (SSSR count). The fourth-order valence-corrected chi connectivity index (χ4v) is 3.38. The van der Waals surface area contributed by atoms with E-state index in [0.717, 1.165) is 23.1 Å². The largest absolute Gasteiger partial charge is 0.354 e. The number of imide groups is 1. The number of benzene rings is 1. The summed E-state index contributed by atoms with van der Waals surface area (Å²) < 4.78 is 12.9. The maximum Gasteiger partial charge on any atom is 0.293 e. The topological polar surface area (TPSA) is 66.5 Å². The monoisotopic (exact) mass is 348 g/mol. The van der Waals surface area contributed by atoms with Gasteiger partial charge in [-0.05, 0) is 47.9 Å². The zero-order valence-electron chi connectivity index (χ0n) is 13.1. The summed E-state index contributed by atoms with van der Waals surface area (Å²) in [5, 5.41) is 2.40. The lowest BCUT2D eigenvalue weighted by atomic mass is 10.2. The van der Waals surface area contributed by atoms with Crippen molar-refractivity contribution in [1.82, 2.24) is 10.2 Å². The third-order valence-corrected chi connectivity index (χ3v) is 5.03. The maximum atomic E-state index is 12.9. The standard InChI is InChI=1S/C17H17FN2O3S/c1-10-8-13(10)15(21)19-6-7-20-16(22)14(24-17(20)23)9-11-2-4-12(18)5-3-11/h2-5,9-10,13H,6-8H2,1H3,(H,19,21)/b14-9-/t10-,13-/m0/s1. The van der Waals surface area contributed by atoms with E-state index in [1.807, 2.05) is 6.92 Å². The van der Waals surface area contributed by atoms with Gasteiger partial charge in [-0.15, -0.1) is 0 Å². The summed E-state index contributed by atoms with van der Waals surface area (Å²) in [6, 6.07) is 5.68. The molecule has 0 aromatic heterocycles. The van der Waals surface area contributed by atoms with E-state index >= 15 is 0 Å². The molecule has 1 saturated heterocycles. The molecule has 2 fully saturated rings. The van der Waals surface area contributed by atoms with Crippen molar-refractivity contribution < 1.29 is 18.8 Å². The molecular weight excluding hydrogens is 331 g/mol. The number of hydrogen-bond donors (Lipinski definition) is 1. The predicted octanol–water partition coefficient (Wildman–Crippen LogP) is 2.63. The van der Waals surface area contributed by atoms with E-state index in [1.165, 1.54) is 12.1 Å². The Morgan fingerprint density at radius 3 is 2.67 bits per heavy atom. The van der Waals surface area contributed by atoms with Crippen LogP contribution in [0, 0.1) is 17.7 Å².